The van der Waals surface area contributed by atoms with Crippen LogP contribution in [0.2, 0.25) is 0 Å². The highest BCUT2D eigenvalue weighted by atomic mass is 16.2. The molecular formula is C8H17N3O2. The number of carbonyl (C=O) groups excluding carboxylic acids is 2. The van der Waals surface area contributed by atoms with Gasteiger partial charge in [0.25, 0.3) is 5.91 Å². The zero-order chi connectivity index (χ0) is 10.6. The number of urea groups is 1. The second kappa shape index (κ2) is 4.23. The Hall–Kier alpha value is -1.10. The molecule has 1 saturated heterocycles. The first kappa shape index (κ1) is 11.9. The Kier molecular flexibility index (Phi) is 3.87. The van der Waals surface area contributed by atoms with E-state index in [1.807, 2.05) is 26.0 Å². The molecule has 0 aromatic heterocycles. The van der Waals surface area contributed by atoms with Gasteiger partial charge in [0.05, 0.1) is 0 Å². The standard InChI is InChI=1S/C5H8N2O2.C3H9N/c1-5(2)3(8)6-4(9)7-5;1-4(2)3/h1-2H3,(H2,6,7,8,9);1-3H3. The van der Waals surface area contributed by atoms with E-state index in [0.29, 0.717) is 0 Å². The topological polar surface area (TPSA) is 61.4 Å². The highest BCUT2D eigenvalue weighted by Crippen LogP contribution is 2.05. The highest BCUT2D eigenvalue weighted by Gasteiger charge is 2.36. The van der Waals surface area contributed by atoms with Gasteiger partial charge in [-0.1, -0.05) is 0 Å². The SMILES string of the molecule is CC1(C)NC(=O)NC1=O.CN(C)C. The van der Waals surface area contributed by atoms with Crippen molar-refractivity contribution < 1.29 is 9.59 Å². The highest BCUT2D eigenvalue weighted by molar-refractivity contribution is 6.06. The van der Waals surface area contributed by atoms with Gasteiger partial charge in [0.15, 0.2) is 0 Å². The largest absolute Gasteiger partial charge is 0.324 e. The molecule has 1 heterocycles. The van der Waals surface area contributed by atoms with Crippen molar-refractivity contribution in [2.45, 2.75) is 19.4 Å². The molecule has 5 heteroatoms. The van der Waals surface area contributed by atoms with E-state index in [1.165, 1.54) is 0 Å². The van der Waals surface area contributed by atoms with Gasteiger partial charge in [-0.15, -0.1) is 0 Å². The molecule has 2 N–H and O–H groups in total. The molecule has 0 spiro atoms. The molecule has 0 saturated carbocycles. The van der Waals surface area contributed by atoms with Crippen molar-refractivity contribution in [3.8, 4) is 0 Å². The Morgan fingerprint density at radius 3 is 1.62 bits per heavy atom. The zero-order valence-corrected chi connectivity index (χ0v) is 8.76. The number of nitrogens with one attached hydrogen (secondary N) is 2. The predicted molar refractivity (Wildman–Crippen MR) is 50.4 cm³/mol. The molecule has 0 aromatic rings. The van der Waals surface area contributed by atoms with Crippen LogP contribution in [-0.4, -0.2) is 43.5 Å². The Morgan fingerprint density at radius 2 is 1.54 bits per heavy atom. The summed E-state index contributed by atoms with van der Waals surface area (Å²) in [4.78, 5) is 23.1. The summed E-state index contributed by atoms with van der Waals surface area (Å²) in [5, 5.41) is 4.56. The summed E-state index contributed by atoms with van der Waals surface area (Å²) in [6.45, 7) is 3.29. The quantitative estimate of drug-likeness (QED) is 0.515. The Labute approximate surface area is 78.5 Å². The van der Waals surface area contributed by atoms with Crippen molar-refractivity contribution in [1.29, 1.82) is 0 Å². The molecular weight excluding hydrogens is 170 g/mol. The first-order chi connectivity index (χ1) is 5.75. The number of carbonyl (C=O) groups is 2. The van der Waals surface area contributed by atoms with Crippen molar-refractivity contribution in [3.63, 3.8) is 0 Å². The second-order valence-electron chi connectivity index (χ2n) is 3.87. The van der Waals surface area contributed by atoms with Crippen LogP contribution in [0.5, 0.6) is 0 Å². The van der Waals surface area contributed by atoms with Gasteiger partial charge in [0.2, 0.25) is 0 Å². The van der Waals surface area contributed by atoms with Gasteiger partial charge in [0.1, 0.15) is 5.54 Å². The number of rotatable bonds is 0. The van der Waals surface area contributed by atoms with Gasteiger partial charge in [-0.05, 0) is 35.0 Å². The molecule has 13 heavy (non-hydrogen) atoms. The van der Waals surface area contributed by atoms with Crippen LogP contribution in [0.1, 0.15) is 13.8 Å². The molecule has 1 aliphatic heterocycles. The fraction of sp³-hybridized carbons (Fsp3) is 0.750. The van der Waals surface area contributed by atoms with E-state index in [-0.39, 0.29) is 5.91 Å². The lowest BCUT2D eigenvalue weighted by Gasteiger charge is -2.11. The van der Waals surface area contributed by atoms with Crippen molar-refractivity contribution in [3.05, 3.63) is 0 Å². The summed E-state index contributed by atoms with van der Waals surface area (Å²) in [6, 6.07) is -0.412. The molecule has 0 radical (unpaired) electrons. The van der Waals surface area contributed by atoms with E-state index in [1.54, 1.807) is 13.8 Å². The Balaban J connectivity index is 0.000000310. The van der Waals surface area contributed by atoms with Crippen LogP contribution in [0.4, 0.5) is 4.79 Å². The van der Waals surface area contributed by atoms with Gasteiger partial charge in [-0.3, -0.25) is 10.1 Å². The molecule has 0 aliphatic carbocycles. The molecule has 76 valence electrons. The lowest BCUT2D eigenvalue weighted by Crippen LogP contribution is -2.39. The zero-order valence-electron chi connectivity index (χ0n) is 8.76. The monoisotopic (exact) mass is 187 g/mol. The fourth-order valence-electron chi connectivity index (χ4n) is 0.631. The van der Waals surface area contributed by atoms with Crippen LogP contribution < -0.4 is 10.6 Å². The van der Waals surface area contributed by atoms with Crippen LogP contribution in [0.15, 0.2) is 0 Å². The van der Waals surface area contributed by atoms with Crippen molar-refractivity contribution in [2.24, 2.45) is 0 Å². The van der Waals surface area contributed by atoms with Crippen LogP contribution in [0.3, 0.4) is 0 Å². The Morgan fingerprint density at radius 1 is 1.15 bits per heavy atom. The Bertz CT molecular complexity index is 209. The average molecular weight is 187 g/mol. The summed E-state index contributed by atoms with van der Waals surface area (Å²) in [5.74, 6) is -0.271. The minimum absolute atomic E-state index is 0.271. The van der Waals surface area contributed by atoms with E-state index in [2.05, 4.69) is 10.6 Å². The third-order valence-corrected chi connectivity index (χ3v) is 1.22. The smallest absolute Gasteiger partial charge is 0.322 e. The number of hydrogen-bond acceptors (Lipinski definition) is 3. The number of hydrogen-bond donors (Lipinski definition) is 2. The third kappa shape index (κ3) is 4.47. The first-order valence-corrected chi connectivity index (χ1v) is 4.00. The summed E-state index contributed by atoms with van der Waals surface area (Å²) in [7, 11) is 6.00. The predicted octanol–water partition coefficient (Wildman–Crippen LogP) is -0.218. The molecule has 5 nitrogen and oxygen atoms in total. The molecule has 0 atom stereocenters. The number of nitrogens with zero attached hydrogens (tertiary/aromatic N) is 1. The third-order valence-electron chi connectivity index (χ3n) is 1.22. The maximum absolute atomic E-state index is 10.7. The maximum atomic E-state index is 10.7. The molecule has 1 fully saturated rings. The lowest BCUT2D eigenvalue weighted by atomic mass is 10.1. The van der Waals surface area contributed by atoms with E-state index < -0.39 is 11.6 Å². The summed E-state index contributed by atoms with van der Waals surface area (Å²) in [6.07, 6.45) is 0. The van der Waals surface area contributed by atoms with E-state index in [4.69, 9.17) is 0 Å². The van der Waals surface area contributed by atoms with Crippen LogP contribution in [0, 0.1) is 0 Å². The van der Waals surface area contributed by atoms with Gasteiger partial charge < -0.3 is 10.2 Å². The summed E-state index contributed by atoms with van der Waals surface area (Å²) >= 11 is 0. The molecule has 1 aliphatic rings. The lowest BCUT2D eigenvalue weighted by molar-refractivity contribution is -0.122. The molecule has 0 bridgehead atoms. The van der Waals surface area contributed by atoms with Gasteiger partial charge in [-0.2, -0.15) is 0 Å². The molecule has 3 amide bonds. The van der Waals surface area contributed by atoms with Crippen LogP contribution in [0.25, 0.3) is 0 Å². The van der Waals surface area contributed by atoms with Gasteiger partial charge in [-0.25, -0.2) is 4.79 Å². The molecule has 0 unspecified atom stereocenters. The van der Waals surface area contributed by atoms with Crippen molar-refractivity contribution >= 4 is 11.9 Å². The number of amides is 3. The average Bonchev–Trinajstić information content (AvgIpc) is 2.02. The number of imide groups is 1. The van der Waals surface area contributed by atoms with Crippen LogP contribution in [-0.2, 0) is 4.79 Å². The maximum Gasteiger partial charge on any atom is 0.322 e. The van der Waals surface area contributed by atoms with Gasteiger partial charge >= 0.3 is 6.03 Å². The fourth-order valence-corrected chi connectivity index (χ4v) is 0.631. The minimum Gasteiger partial charge on any atom is -0.324 e. The minimum atomic E-state index is -0.725. The molecule has 1 rings (SSSR count). The normalized spacial score (nSPS) is 18.9. The second-order valence-corrected chi connectivity index (χ2v) is 3.87. The van der Waals surface area contributed by atoms with E-state index in [0.717, 1.165) is 0 Å². The van der Waals surface area contributed by atoms with Crippen molar-refractivity contribution in [1.82, 2.24) is 15.5 Å². The van der Waals surface area contributed by atoms with Gasteiger partial charge in [0, 0.05) is 0 Å². The summed E-state index contributed by atoms with van der Waals surface area (Å²) < 4.78 is 0. The summed E-state index contributed by atoms with van der Waals surface area (Å²) in [5.41, 5.74) is -0.725. The van der Waals surface area contributed by atoms with Crippen molar-refractivity contribution in [2.75, 3.05) is 21.1 Å². The van der Waals surface area contributed by atoms with Crippen LogP contribution >= 0.6 is 0 Å². The molecule has 0 aromatic carbocycles. The van der Waals surface area contributed by atoms with E-state index >= 15 is 0 Å². The van der Waals surface area contributed by atoms with E-state index in [9.17, 15) is 9.59 Å². The first-order valence-electron chi connectivity index (χ1n) is 4.00.